The fourth-order valence-corrected chi connectivity index (χ4v) is 0.920. The number of aromatic nitrogens is 3. The van der Waals surface area contributed by atoms with Gasteiger partial charge in [-0.1, -0.05) is 6.07 Å². The highest BCUT2D eigenvalue weighted by Crippen LogP contribution is 1.99. The molecule has 0 aliphatic heterocycles. The molecular weight excluding hydrogens is 157 g/mol. The summed E-state index contributed by atoms with van der Waals surface area (Å²) in [5.74, 6) is 0. The van der Waals surface area contributed by atoms with Gasteiger partial charge in [-0.2, -0.15) is 5.10 Å². The number of halogens is 1. The summed E-state index contributed by atoms with van der Waals surface area (Å²) < 4.78 is 11.3. The fraction of sp³-hybridized carbons (Fsp3) is 0.250. The Morgan fingerprint density at radius 2 is 2.08 bits per heavy atom. The van der Waals surface area contributed by atoms with Gasteiger partial charge in [-0.3, -0.25) is 4.39 Å². The van der Waals surface area contributed by atoms with Crippen molar-refractivity contribution in [2.45, 2.75) is 6.92 Å². The normalized spacial score (nSPS) is 9.25. The third kappa shape index (κ3) is 1.58. The number of rotatable bonds is 0. The molecule has 2 aromatic heterocycles. The van der Waals surface area contributed by atoms with Crippen LogP contribution in [-0.2, 0) is 0 Å². The highest BCUT2D eigenvalue weighted by Gasteiger charge is 1.91. The zero-order valence-electron chi connectivity index (χ0n) is 7.03. The molecule has 0 unspecified atom stereocenters. The maximum atomic E-state index is 9.50. The molecule has 0 aromatic carbocycles. The van der Waals surface area contributed by atoms with E-state index in [1.807, 2.05) is 25.3 Å². The van der Waals surface area contributed by atoms with E-state index in [4.69, 9.17) is 0 Å². The van der Waals surface area contributed by atoms with Crippen LogP contribution in [0.15, 0.2) is 24.7 Å². The van der Waals surface area contributed by atoms with E-state index < -0.39 is 0 Å². The monoisotopic (exact) mass is 167 g/mol. The largest absolute Gasteiger partial charge is 0.255 e. The quantitative estimate of drug-likeness (QED) is 0.596. The molecule has 2 rings (SSSR count). The highest BCUT2D eigenvalue weighted by atomic mass is 19.1. The maximum absolute atomic E-state index is 9.50. The van der Waals surface area contributed by atoms with Crippen molar-refractivity contribution in [3.05, 3.63) is 30.2 Å². The number of aryl methyl sites for hydroxylation is 1. The van der Waals surface area contributed by atoms with Crippen molar-refractivity contribution in [2.75, 3.05) is 7.18 Å². The molecule has 3 nitrogen and oxygen atoms in total. The summed E-state index contributed by atoms with van der Waals surface area (Å²) in [5, 5.41) is 3.99. The molecule has 0 saturated carbocycles. The lowest BCUT2D eigenvalue weighted by molar-refractivity contribution is 0.636. The Labute approximate surface area is 69.9 Å². The molecule has 2 aromatic rings. The third-order valence-corrected chi connectivity index (χ3v) is 1.42. The fourth-order valence-electron chi connectivity index (χ4n) is 0.920. The third-order valence-electron chi connectivity index (χ3n) is 1.42. The van der Waals surface area contributed by atoms with E-state index in [0.29, 0.717) is 7.18 Å². The van der Waals surface area contributed by atoms with Gasteiger partial charge in [-0.25, -0.2) is 9.50 Å². The van der Waals surface area contributed by atoms with Gasteiger partial charge in [0.15, 0.2) is 5.65 Å². The van der Waals surface area contributed by atoms with Gasteiger partial charge < -0.3 is 0 Å². The van der Waals surface area contributed by atoms with Gasteiger partial charge >= 0.3 is 0 Å². The second-order valence-corrected chi connectivity index (χ2v) is 2.27. The van der Waals surface area contributed by atoms with Crippen molar-refractivity contribution in [1.82, 2.24) is 14.6 Å². The van der Waals surface area contributed by atoms with Gasteiger partial charge in [0.1, 0.15) is 6.33 Å². The molecule has 0 radical (unpaired) electrons. The lowest BCUT2D eigenvalue weighted by Gasteiger charge is -1.91. The summed E-state index contributed by atoms with van der Waals surface area (Å²) in [5.41, 5.74) is 2.09. The summed E-state index contributed by atoms with van der Waals surface area (Å²) in [6, 6.07) is 3.96. The minimum Gasteiger partial charge on any atom is -0.255 e. The van der Waals surface area contributed by atoms with Crippen LogP contribution in [0.3, 0.4) is 0 Å². The number of hydrogen-bond donors (Lipinski definition) is 0. The van der Waals surface area contributed by atoms with Crippen LogP contribution in [0.2, 0.25) is 0 Å². The molecule has 12 heavy (non-hydrogen) atoms. The molecule has 0 amide bonds. The molecular formula is C8H10FN3. The standard InChI is InChI=1S/C7H7N3.CH3F/c1-6-2-3-7-8-5-9-10(7)4-6;1-2/h2-5H,1H3;1H3. The van der Waals surface area contributed by atoms with Crippen LogP contribution in [0.4, 0.5) is 4.39 Å². The minimum atomic E-state index is 0.500. The molecule has 4 heteroatoms. The van der Waals surface area contributed by atoms with E-state index in [0.717, 1.165) is 5.65 Å². The first-order valence-corrected chi connectivity index (χ1v) is 3.50. The predicted molar refractivity (Wildman–Crippen MR) is 44.8 cm³/mol. The topological polar surface area (TPSA) is 30.2 Å². The number of fused-ring (bicyclic) bond motifs is 1. The average molecular weight is 167 g/mol. The zero-order valence-corrected chi connectivity index (χ0v) is 7.03. The van der Waals surface area contributed by atoms with E-state index in [9.17, 15) is 4.39 Å². The van der Waals surface area contributed by atoms with E-state index in [1.54, 1.807) is 10.8 Å². The summed E-state index contributed by atoms with van der Waals surface area (Å²) in [7, 11) is 0.500. The molecule has 0 aliphatic carbocycles. The molecule has 0 bridgehead atoms. The van der Waals surface area contributed by atoms with Gasteiger partial charge in [0.05, 0.1) is 7.18 Å². The van der Waals surface area contributed by atoms with Crippen molar-refractivity contribution in [3.63, 3.8) is 0 Å². The first kappa shape index (κ1) is 8.64. The van der Waals surface area contributed by atoms with Crippen LogP contribution in [0.1, 0.15) is 5.56 Å². The SMILES string of the molecule is CF.Cc1ccc2ncnn2c1. The van der Waals surface area contributed by atoms with E-state index in [-0.39, 0.29) is 0 Å². The zero-order chi connectivity index (χ0) is 8.97. The Bertz CT molecular complexity index is 356. The predicted octanol–water partition coefficient (Wildman–Crippen LogP) is 1.62. The molecule has 0 saturated heterocycles. The number of nitrogens with zero attached hydrogens (tertiary/aromatic N) is 3. The number of pyridine rings is 1. The Hall–Kier alpha value is -1.45. The van der Waals surface area contributed by atoms with E-state index in [1.165, 1.54) is 5.56 Å². The lowest BCUT2D eigenvalue weighted by atomic mass is 10.3. The average Bonchev–Trinajstić information content (AvgIpc) is 2.54. The Balaban J connectivity index is 0.000000336. The molecule has 0 atom stereocenters. The molecule has 0 fully saturated rings. The van der Waals surface area contributed by atoms with Gasteiger partial charge in [0.2, 0.25) is 0 Å². The van der Waals surface area contributed by atoms with Crippen LogP contribution in [0.5, 0.6) is 0 Å². The molecule has 0 aliphatic rings. The van der Waals surface area contributed by atoms with Gasteiger partial charge in [-0.15, -0.1) is 0 Å². The molecule has 0 spiro atoms. The summed E-state index contributed by atoms with van der Waals surface area (Å²) in [6.45, 7) is 2.03. The Morgan fingerprint density at radius 1 is 1.33 bits per heavy atom. The smallest absolute Gasteiger partial charge is 0.155 e. The van der Waals surface area contributed by atoms with Crippen molar-refractivity contribution in [1.29, 1.82) is 0 Å². The van der Waals surface area contributed by atoms with Crippen molar-refractivity contribution >= 4 is 5.65 Å². The molecule has 0 N–H and O–H groups in total. The van der Waals surface area contributed by atoms with Crippen molar-refractivity contribution in [3.8, 4) is 0 Å². The number of alkyl halides is 1. The maximum Gasteiger partial charge on any atom is 0.155 e. The van der Waals surface area contributed by atoms with Crippen LogP contribution in [-0.4, -0.2) is 21.8 Å². The second kappa shape index (κ2) is 3.80. The van der Waals surface area contributed by atoms with Gasteiger partial charge in [0, 0.05) is 6.20 Å². The van der Waals surface area contributed by atoms with Crippen molar-refractivity contribution in [2.24, 2.45) is 0 Å². The van der Waals surface area contributed by atoms with Crippen LogP contribution in [0, 0.1) is 6.92 Å². The second-order valence-electron chi connectivity index (χ2n) is 2.27. The first-order chi connectivity index (χ1) is 5.86. The summed E-state index contributed by atoms with van der Waals surface area (Å²) in [6.07, 6.45) is 3.50. The Morgan fingerprint density at radius 3 is 2.83 bits per heavy atom. The van der Waals surface area contributed by atoms with Crippen LogP contribution < -0.4 is 0 Å². The van der Waals surface area contributed by atoms with E-state index in [2.05, 4.69) is 10.1 Å². The molecule has 64 valence electrons. The van der Waals surface area contributed by atoms with Gasteiger partial charge in [-0.05, 0) is 18.6 Å². The Kier molecular flexibility index (Phi) is 2.74. The van der Waals surface area contributed by atoms with E-state index >= 15 is 0 Å². The van der Waals surface area contributed by atoms with Crippen LogP contribution in [0.25, 0.3) is 5.65 Å². The summed E-state index contributed by atoms with van der Waals surface area (Å²) in [4.78, 5) is 4.01. The summed E-state index contributed by atoms with van der Waals surface area (Å²) >= 11 is 0. The van der Waals surface area contributed by atoms with Gasteiger partial charge in [0.25, 0.3) is 0 Å². The highest BCUT2D eigenvalue weighted by molar-refractivity contribution is 5.36. The molecule has 2 heterocycles. The van der Waals surface area contributed by atoms with Crippen LogP contribution >= 0.6 is 0 Å². The number of hydrogen-bond acceptors (Lipinski definition) is 2. The van der Waals surface area contributed by atoms with Crippen molar-refractivity contribution < 1.29 is 4.39 Å². The lowest BCUT2D eigenvalue weighted by Crippen LogP contribution is -1.86. The first-order valence-electron chi connectivity index (χ1n) is 3.50. The minimum absolute atomic E-state index is 0.500.